The first-order chi connectivity index (χ1) is 12.1. The van der Waals surface area contributed by atoms with Crippen molar-refractivity contribution in [3.8, 4) is 11.5 Å². The van der Waals surface area contributed by atoms with Crippen LogP contribution in [-0.2, 0) is 4.79 Å². The molecule has 0 bridgehead atoms. The lowest BCUT2D eigenvalue weighted by molar-refractivity contribution is -0.121. The molecule has 132 valence electrons. The number of hydrogen-bond donors (Lipinski definition) is 1. The van der Waals surface area contributed by atoms with Gasteiger partial charge in [-0.05, 0) is 66.9 Å². The highest BCUT2D eigenvalue weighted by molar-refractivity contribution is 6.30. The molecule has 0 atom stereocenters. The van der Waals surface area contributed by atoms with Gasteiger partial charge in [0, 0.05) is 11.4 Å². The van der Waals surface area contributed by atoms with E-state index in [1.165, 1.54) is 0 Å². The van der Waals surface area contributed by atoms with E-state index in [0.29, 0.717) is 24.5 Å². The summed E-state index contributed by atoms with van der Waals surface area (Å²) in [6, 6.07) is 12.8. The number of amides is 1. The van der Waals surface area contributed by atoms with Gasteiger partial charge in [0.1, 0.15) is 11.5 Å². The van der Waals surface area contributed by atoms with Gasteiger partial charge < -0.3 is 9.47 Å². The summed E-state index contributed by atoms with van der Waals surface area (Å²) in [4.78, 5) is 11.7. The number of hydrogen-bond acceptors (Lipinski definition) is 4. The number of methoxy groups -OCH3 is 1. The van der Waals surface area contributed by atoms with E-state index in [-0.39, 0.29) is 5.91 Å². The van der Waals surface area contributed by atoms with Crippen LogP contribution in [0, 0.1) is 6.92 Å². The molecule has 25 heavy (non-hydrogen) atoms. The fourth-order valence-electron chi connectivity index (χ4n) is 2.11. The Hall–Kier alpha value is -2.53. The second-order valence-electron chi connectivity index (χ2n) is 5.43. The Labute approximate surface area is 152 Å². The first-order valence-corrected chi connectivity index (χ1v) is 8.31. The lowest BCUT2D eigenvalue weighted by Gasteiger charge is -2.08. The molecule has 0 heterocycles. The van der Waals surface area contributed by atoms with Crippen LogP contribution in [0.2, 0.25) is 5.02 Å². The molecule has 0 saturated heterocycles. The lowest BCUT2D eigenvalue weighted by Crippen LogP contribution is -2.18. The maximum atomic E-state index is 11.7. The summed E-state index contributed by atoms with van der Waals surface area (Å²) in [5.74, 6) is 1.40. The van der Waals surface area contributed by atoms with Crippen LogP contribution in [-0.4, -0.2) is 25.8 Å². The number of ether oxygens (including phenoxy) is 2. The molecule has 2 rings (SSSR count). The van der Waals surface area contributed by atoms with Crippen LogP contribution in [0.5, 0.6) is 11.5 Å². The number of aryl methyl sites for hydroxylation is 1. The van der Waals surface area contributed by atoms with E-state index in [1.54, 1.807) is 19.4 Å². The number of nitrogens with one attached hydrogen (secondary N) is 1. The maximum Gasteiger partial charge on any atom is 0.240 e. The lowest BCUT2D eigenvalue weighted by atomic mass is 10.2. The number of nitrogens with zero attached hydrogens (tertiary/aromatic N) is 1. The third-order valence-electron chi connectivity index (χ3n) is 3.46. The molecule has 1 N–H and O–H groups in total. The summed E-state index contributed by atoms with van der Waals surface area (Å²) >= 11 is 5.90. The zero-order valence-electron chi connectivity index (χ0n) is 14.3. The molecule has 0 aromatic heterocycles. The fourth-order valence-corrected chi connectivity index (χ4v) is 2.34. The van der Waals surface area contributed by atoms with E-state index in [0.717, 1.165) is 22.6 Å². The summed E-state index contributed by atoms with van der Waals surface area (Å²) in [5, 5.41) is 4.62. The minimum absolute atomic E-state index is 0.152. The van der Waals surface area contributed by atoms with E-state index in [9.17, 15) is 4.79 Å². The molecule has 5 nitrogen and oxygen atoms in total. The van der Waals surface area contributed by atoms with Crippen molar-refractivity contribution >= 4 is 23.7 Å². The quantitative estimate of drug-likeness (QED) is 0.440. The number of halogens is 1. The Morgan fingerprint density at radius 1 is 1.24 bits per heavy atom. The second kappa shape index (κ2) is 9.69. The standard InChI is InChI=1S/C19H21ClN2O3/c1-14-12-16(20)7-10-18(14)25-11-3-4-19(23)22-21-13-15-5-8-17(24-2)9-6-15/h5-10,12-13H,3-4,11H2,1-2H3,(H,22,23)/b21-13+. The molecular weight excluding hydrogens is 340 g/mol. The van der Waals surface area contributed by atoms with Crippen LogP contribution in [0.1, 0.15) is 24.0 Å². The molecular formula is C19H21ClN2O3. The smallest absolute Gasteiger partial charge is 0.240 e. The normalized spacial score (nSPS) is 10.7. The highest BCUT2D eigenvalue weighted by Crippen LogP contribution is 2.21. The van der Waals surface area contributed by atoms with Crippen molar-refractivity contribution in [3.63, 3.8) is 0 Å². The maximum absolute atomic E-state index is 11.7. The van der Waals surface area contributed by atoms with Crippen LogP contribution in [0.25, 0.3) is 0 Å². The van der Waals surface area contributed by atoms with Gasteiger partial charge in [0.15, 0.2) is 0 Å². The van der Waals surface area contributed by atoms with Gasteiger partial charge in [0.25, 0.3) is 0 Å². The molecule has 0 spiro atoms. The summed E-state index contributed by atoms with van der Waals surface area (Å²) < 4.78 is 10.7. The first kappa shape index (κ1) is 18.8. The monoisotopic (exact) mass is 360 g/mol. The van der Waals surface area contributed by atoms with E-state index in [1.807, 2.05) is 43.3 Å². The van der Waals surface area contributed by atoms with Crippen molar-refractivity contribution in [2.45, 2.75) is 19.8 Å². The SMILES string of the molecule is COc1ccc(/C=N/NC(=O)CCCOc2ccc(Cl)cc2C)cc1. The minimum Gasteiger partial charge on any atom is -0.497 e. The Kier molecular flexibility index (Phi) is 7.29. The van der Waals surface area contributed by atoms with Crippen LogP contribution in [0.4, 0.5) is 0 Å². The Morgan fingerprint density at radius 3 is 2.68 bits per heavy atom. The number of carbonyl (C=O) groups excluding carboxylic acids is 1. The van der Waals surface area contributed by atoms with Gasteiger partial charge in [-0.1, -0.05) is 11.6 Å². The highest BCUT2D eigenvalue weighted by Gasteiger charge is 2.03. The van der Waals surface area contributed by atoms with Gasteiger partial charge in [-0.3, -0.25) is 4.79 Å². The predicted octanol–water partition coefficient (Wildman–Crippen LogP) is 3.97. The Balaban J connectivity index is 1.67. The Bertz CT molecular complexity index is 730. The molecule has 0 saturated carbocycles. The molecule has 2 aromatic carbocycles. The topological polar surface area (TPSA) is 59.9 Å². The fraction of sp³-hybridized carbons (Fsp3) is 0.263. The minimum atomic E-state index is -0.152. The zero-order valence-corrected chi connectivity index (χ0v) is 15.0. The highest BCUT2D eigenvalue weighted by atomic mass is 35.5. The van der Waals surface area contributed by atoms with Crippen molar-refractivity contribution in [3.05, 3.63) is 58.6 Å². The summed E-state index contributed by atoms with van der Waals surface area (Å²) in [7, 11) is 1.61. The van der Waals surface area contributed by atoms with E-state index < -0.39 is 0 Å². The largest absolute Gasteiger partial charge is 0.497 e. The first-order valence-electron chi connectivity index (χ1n) is 7.93. The molecule has 0 aliphatic carbocycles. The van der Waals surface area contributed by atoms with Crippen LogP contribution >= 0.6 is 11.6 Å². The molecule has 0 radical (unpaired) electrons. The van der Waals surface area contributed by atoms with Gasteiger partial charge in [-0.15, -0.1) is 0 Å². The van der Waals surface area contributed by atoms with Crippen molar-refractivity contribution < 1.29 is 14.3 Å². The second-order valence-corrected chi connectivity index (χ2v) is 5.86. The zero-order chi connectivity index (χ0) is 18.1. The van der Waals surface area contributed by atoms with Crippen LogP contribution in [0.3, 0.4) is 0 Å². The summed E-state index contributed by atoms with van der Waals surface area (Å²) in [5.41, 5.74) is 4.35. The third-order valence-corrected chi connectivity index (χ3v) is 3.70. The molecule has 1 amide bonds. The van der Waals surface area contributed by atoms with Crippen molar-refractivity contribution in [1.82, 2.24) is 5.43 Å². The Morgan fingerprint density at radius 2 is 2.00 bits per heavy atom. The number of rotatable bonds is 8. The van der Waals surface area contributed by atoms with Gasteiger partial charge >= 0.3 is 0 Å². The molecule has 0 aliphatic heterocycles. The molecule has 0 fully saturated rings. The van der Waals surface area contributed by atoms with Gasteiger partial charge in [-0.2, -0.15) is 5.10 Å². The van der Waals surface area contributed by atoms with Crippen LogP contribution in [0.15, 0.2) is 47.6 Å². The van der Waals surface area contributed by atoms with Crippen molar-refractivity contribution in [2.75, 3.05) is 13.7 Å². The van der Waals surface area contributed by atoms with Crippen molar-refractivity contribution in [2.24, 2.45) is 5.10 Å². The number of benzene rings is 2. The van der Waals surface area contributed by atoms with E-state index in [2.05, 4.69) is 10.5 Å². The summed E-state index contributed by atoms with van der Waals surface area (Å²) in [6.45, 7) is 2.39. The summed E-state index contributed by atoms with van der Waals surface area (Å²) in [6.07, 6.45) is 2.53. The molecule has 0 unspecified atom stereocenters. The predicted molar refractivity (Wildman–Crippen MR) is 99.6 cm³/mol. The number of hydrazone groups is 1. The van der Waals surface area contributed by atoms with E-state index >= 15 is 0 Å². The molecule has 2 aromatic rings. The van der Waals surface area contributed by atoms with Gasteiger partial charge in [0.05, 0.1) is 19.9 Å². The average molecular weight is 361 g/mol. The van der Waals surface area contributed by atoms with Crippen molar-refractivity contribution in [1.29, 1.82) is 0 Å². The average Bonchev–Trinajstić information content (AvgIpc) is 2.61. The van der Waals surface area contributed by atoms with E-state index in [4.69, 9.17) is 21.1 Å². The molecule has 0 aliphatic rings. The molecule has 6 heteroatoms. The van der Waals surface area contributed by atoms with Gasteiger partial charge in [-0.25, -0.2) is 5.43 Å². The number of carbonyl (C=O) groups is 1. The third kappa shape index (κ3) is 6.47. The van der Waals surface area contributed by atoms with Crippen LogP contribution < -0.4 is 14.9 Å². The van der Waals surface area contributed by atoms with Gasteiger partial charge in [0.2, 0.25) is 5.91 Å².